The van der Waals surface area contributed by atoms with Crippen LogP contribution < -0.4 is 4.74 Å². The number of fused-ring (bicyclic) bond motifs is 1. The second-order valence-electron chi connectivity index (χ2n) is 6.54. The third-order valence-corrected chi connectivity index (χ3v) is 6.18. The molecule has 7 nitrogen and oxygen atoms in total. The van der Waals surface area contributed by atoms with Crippen LogP contribution in [0.2, 0.25) is 0 Å². The van der Waals surface area contributed by atoms with Gasteiger partial charge >= 0.3 is 5.97 Å². The normalized spacial score (nSPS) is 15.9. The van der Waals surface area contributed by atoms with E-state index in [1.807, 2.05) is 6.07 Å². The third kappa shape index (κ3) is 4.38. The molecule has 0 aliphatic carbocycles. The molecular weight excluding hydrogens is 496 g/mol. The number of hydrogen-bond acceptors (Lipinski definition) is 7. The Balaban J connectivity index is 1.96. The smallest absolute Gasteiger partial charge is 0.342 e. The molecule has 1 saturated heterocycles. The van der Waals surface area contributed by atoms with Gasteiger partial charge in [0.15, 0.2) is 0 Å². The van der Waals surface area contributed by atoms with Crippen LogP contribution in [0.1, 0.15) is 23.0 Å². The minimum absolute atomic E-state index is 0.168. The molecule has 0 atom stereocenters. The van der Waals surface area contributed by atoms with Crippen LogP contribution in [0, 0.1) is 0 Å². The molecule has 1 N–H and O–H groups in total. The number of aliphatic hydroxyl groups is 1. The summed E-state index contributed by atoms with van der Waals surface area (Å²) in [6.07, 6.45) is 0. The van der Waals surface area contributed by atoms with E-state index in [1.165, 1.54) is 0 Å². The lowest BCUT2D eigenvalue weighted by atomic mass is 10.1. The molecule has 3 rings (SSSR count). The zero-order chi connectivity index (χ0) is 20.3. The topological polar surface area (TPSA) is 75.4 Å². The van der Waals surface area contributed by atoms with Gasteiger partial charge < -0.3 is 19.0 Å². The van der Waals surface area contributed by atoms with Crippen molar-refractivity contribution >= 4 is 48.8 Å². The number of esters is 1. The number of nitrogens with zero attached hydrogens (tertiary/aromatic N) is 2. The summed E-state index contributed by atoms with van der Waals surface area (Å²) in [5.41, 5.74) is 1.03. The van der Waals surface area contributed by atoms with Gasteiger partial charge in [-0.2, -0.15) is 0 Å². The second-order valence-corrected chi connectivity index (χ2v) is 8.19. The summed E-state index contributed by atoms with van der Waals surface area (Å²) in [6, 6.07) is 1.81. The highest BCUT2D eigenvalue weighted by atomic mass is 79.9. The maximum Gasteiger partial charge on any atom is 0.342 e. The highest BCUT2D eigenvalue weighted by Gasteiger charge is 2.28. The molecule has 1 aliphatic rings. The van der Waals surface area contributed by atoms with Crippen LogP contribution in [0.15, 0.2) is 19.4 Å². The van der Waals surface area contributed by atoms with Gasteiger partial charge in [-0.1, -0.05) is 0 Å². The number of β-amino-alcohol motifs (C(OH)–C–C–N with tert-alkyl or cyclic N) is 1. The second kappa shape index (κ2) is 9.58. The fraction of sp³-hybridized carbons (Fsp3) is 0.526. The van der Waals surface area contributed by atoms with Crippen LogP contribution in [-0.2, 0) is 11.3 Å². The van der Waals surface area contributed by atoms with E-state index in [1.54, 1.807) is 14.0 Å². The zero-order valence-corrected chi connectivity index (χ0v) is 19.1. The van der Waals surface area contributed by atoms with Crippen molar-refractivity contribution in [3.63, 3.8) is 0 Å². The van der Waals surface area contributed by atoms with Gasteiger partial charge in [-0.25, -0.2) is 4.79 Å². The first kappa shape index (κ1) is 21.6. The van der Waals surface area contributed by atoms with Crippen molar-refractivity contribution in [2.45, 2.75) is 13.5 Å². The molecule has 2 aromatic rings. The third-order valence-electron chi connectivity index (χ3n) is 4.83. The molecule has 0 amide bonds. The van der Waals surface area contributed by atoms with Gasteiger partial charge in [0.25, 0.3) is 0 Å². The van der Waals surface area contributed by atoms with Crippen molar-refractivity contribution in [2.75, 3.05) is 53.0 Å². The first-order valence-electron chi connectivity index (χ1n) is 9.20. The number of carbonyl (C=O) groups is 1. The Labute approximate surface area is 180 Å². The standard InChI is InChI=1S/C19H24Br2N2O5/c1-3-27-19(25)16-14(11-23-6-4-22(5-7-23)8-9-24)28-13-10-12(20)18(26-2)17(21)15(13)16/h10,24H,3-9,11H2,1-2H3. The minimum atomic E-state index is -0.403. The average Bonchev–Trinajstić information content (AvgIpc) is 3.02. The first-order chi connectivity index (χ1) is 13.5. The maximum atomic E-state index is 12.7. The van der Waals surface area contributed by atoms with Crippen LogP contribution in [0.4, 0.5) is 0 Å². The summed E-state index contributed by atoms with van der Waals surface area (Å²) in [6.45, 7) is 6.87. The maximum absolute atomic E-state index is 12.7. The van der Waals surface area contributed by atoms with Gasteiger partial charge in [-0.05, 0) is 44.8 Å². The van der Waals surface area contributed by atoms with Crippen LogP contribution in [0.5, 0.6) is 5.75 Å². The summed E-state index contributed by atoms with van der Waals surface area (Å²) in [7, 11) is 1.58. The van der Waals surface area contributed by atoms with E-state index < -0.39 is 5.97 Å². The first-order valence-corrected chi connectivity index (χ1v) is 10.8. The molecule has 154 valence electrons. The summed E-state index contributed by atoms with van der Waals surface area (Å²) >= 11 is 7.04. The Hall–Kier alpha value is -1.13. The van der Waals surface area contributed by atoms with Gasteiger partial charge in [-0.3, -0.25) is 9.80 Å². The molecule has 0 spiro atoms. The van der Waals surface area contributed by atoms with Gasteiger partial charge in [0.2, 0.25) is 0 Å². The number of carbonyl (C=O) groups excluding carboxylic acids is 1. The lowest BCUT2D eigenvalue weighted by molar-refractivity contribution is 0.0521. The Morgan fingerprint density at radius 1 is 1.25 bits per heavy atom. The Kier molecular flexibility index (Phi) is 7.38. The number of aliphatic hydroxyl groups excluding tert-OH is 1. The van der Waals surface area contributed by atoms with Crippen molar-refractivity contribution in [1.29, 1.82) is 0 Å². The predicted octanol–water partition coefficient (Wildman–Crippen LogP) is 3.25. The van der Waals surface area contributed by atoms with Gasteiger partial charge in [0.05, 0.1) is 41.2 Å². The molecule has 1 aliphatic heterocycles. The number of halogens is 2. The number of methoxy groups -OCH3 is 1. The molecule has 0 bridgehead atoms. The van der Waals surface area contributed by atoms with E-state index in [2.05, 4.69) is 41.7 Å². The minimum Gasteiger partial charge on any atom is -0.494 e. The Morgan fingerprint density at radius 2 is 1.93 bits per heavy atom. The largest absolute Gasteiger partial charge is 0.494 e. The van der Waals surface area contributed by atoms with Crippen LogP contribution in [0.25, 0.3) is 11.0 Å². The van der Waals surface area contributed by atoms with Crippen molar-refractivity contribution in [3.05, 3.63) is 26.3 Å². The van der Waals surface area contributed by atoms with E-state index >= 15 is 0 Å². The van der Waals surface area contributed by atoms with E-state index in [0.29, 0.717) is 45.6 Å². The molecule has 0 unspecified atom stereocenters. The quantitative estimate of drug-likeness (QED) is 0.563. The molecule has 2 heterocycles. The molecule has 28 heavy (non-hydrogen) atoms. The number of hydrogen-bond donors (Lipinski definition) is 1. The molecule has 0 saturated carbocycles. The van der Waals surface area contributed by atoms with Crippen LogP contribution in [-0.4, -0.2) is 73.9 Å². The van der Waals surface area contributed by atoms with Crippen LogP contribution in [0.3, 0.4) is 0 Å². The monoisotopic (exact) mass is 518 g/mol. The number of rotatable bonds is 7. The van der Waals surface area contributed by atoms with Gasteiger partial charge in [0.1, 0.15) is 22.7 Å². The summed E-state index contributed by atoms with van der Waals surface area (Å²) < 4.78 is 18.2. The fourth-order valence-electron chi connectivity index (χ4n) is 3.45. The van der Waals surface area contributed by atoms with E-state index in [-0.39, 0.29) is 13.2 Å². The number of benzene rings is 1. The predicted molar refractivity (Wildman–Crippen MR) is 113 cm³/mol. The summed E-state index contributed by atoms with van der Waals surface area (Å²) in [5, 5.41) is 9.76. The van der Waals surface area contributed by atoms with Gasteiger partial charge in [0, 0.05) is 32.7 Å². The molecular formula is C19H24Br2N2O5. The fourth-order valence-corrected chi connectivity index (χ4v) is 5.05. The lowest BCUT2D eigenvalue weighted by Gasteiger charge is -2.33. The molecule has 9 heteroatoms. The molecule has 1 aromatic heterocycles. The van der Waals surface area contributed by atoms with Crippen molar-refractivity contribution in [2.24, 2.45) is 0 Å². The SMILES string of the molecule is CCOC(=O)c1c(CN2CCN(CCO)CC2)oc2cc(Br)c(OC)c(Br)c12. The Morgan fingerprint density at radius 3 is 2.54 bits per heavy atom. The van der Waals surface area contributed by atoms with E-state index in [0.717, 1.165) is 30.7 Å². The van der Waals surface area contributed by atoms with E-state index in [4.69, 9.17) is 19.0 Å². The van der Waals surface area contributed by atoms with Crippen LogP contribution >= 0.6 is 31.9 Å². The summed E-state index contributed by atoms with van der Waals surface area (Å²) in [5.74, 6) is 0.785. The van der Waals surface area contributed by atoms with Crippen molar-refractivity contribution in [1.82, 2.24) is 9.80 Å². The van der Waals surface area contributed by atoms with E-state index in [9.17, 15) is 4.79 Å². The van der Waals surface area contributed by atoms with Crippen molar-refractivity contribution in [3.8, 4) is 5.75 Å². The molecule has 1 aromatic carbocycles. The average molecular weight is 520 g/mol. The summed E-state index contributed by atoms with van der Waals surface area (Å²) in [4.78, 5) is 17.2. The molecule has 1 fully saturated rings. The zero-order valence-electron chi connectivity index (χ0n) is 16.0. The number of furan rings is 1. The highest BCUT2D eigenvalue weighted by Crippen LogP contribution is 2.43. The van der Waals surface area contributed by atoms with Gasteiger partial charge in [-0.15, -0.1) is 0 Å². The number of piperazine rings is 1. The highest BCUT2D eigenvalue weighted by molar-refractivity contribution is 9.11. The number of ether oxygens (including phenoxy) is 2. The molecule has 0 radical (unpaired) electrons. The Bertz CT molecular complexity index is 847. The van der Waals surface area contributed by atoms with Crippen molar-refractivity contribution < 1.29 is 23.8 Å². The lowest BCUT2D eigenvalue weighted by Crippen LogP contribution is -2.46.